The van der Waals surface area contributed by atoms with Gasteiger partial charge in [-0.2, -0.15) is 4.31 Å². The number of aryl methyl sites for hydroxylation is 3. The van der Waals surface area contributed by atoms with Crippen molar-refractivity contribution in [3.8, 4) is 0 Å². The number of amides is 1. The minimum Gasteiger partial charge on any atom is -0.326 e. The molecule has 0 aliphatic carbocycles. The lowest BCUT2D eigenvalue weighted by atomic mass is 9.98. The van der Waals surface area contributed by atoms with Crippen LogP contribution in [0.25, 0.3) is 0 Å². The first-order chi connectivity index (χ1) is 14.3. The molecule has 1 heterocycles. The zero-order chi connectivity index (χ0) is 21.7. The number of rotatable bonds is 7. The molecule has 1 amide bonds. The fraction of sp³-hybridized carbons (Fsp3) is 0.458. The van der Waals surface area contributed by atoms with Gasteiger partial charge in [-0.15, -0.1) is 0 Å². The minimum atomic E-state index is -3.62. The Kier molecular flexibility index (Phi) is 7.32. The van der Waals surface area contributed by atoms with E-state index in [2.05, 4.69) is 12.2 Å². The number of nitrogens with zero attached hydrogens (tertiary/aromatic N) is 1. The van der Waals surface area contributed by atoms with Crippen molar-refractivity contribution in [3.63, 3.8) is 0 Å². The van der Waals surface area contributed by atoms with Crippen LogP contribution in [0.1, 0.15) is 49.3 Å². The molecule has 1 aliphatic heterocycles. The number of benzene rings is 2. The Morgan fingerprint density at radius 1 is 1.13 bits per heavy atom. The van der Waals surface area contributed by atoms with Crippen molar-refractivity contribution in [2.75, 3.05) is 18.4 Å². The quantitative estimate of drug-likeness (QED) is 0.696. The second-order valence-electron chi connectivity index (χ2n) is 8.26. The molecule has 0 bridgehead atoms. The molecule has 1 unspecified atom stereocenters. The molecule has 1 saturated heterocycles. The van der Waals surface area contributed by atoms with Gasteiger partial charge in [0.15, 0.2) is 0 Å². The number of nitrogens with one attached hydrogen (secondary N) is 1. The minimum absolute atomic E-state index is 0.114. The van der Waals surface area contributed by atoms with Gasteiger partial charge in [0.25, 0.3) is 0 Å². The smallest absolute Gasteiger partial charge is 0.243 e. The first-order valence-corrected chi connectivity index (χ1v) is 12.2. The van der Waals surface area contributed by atoms with Gasteiger partial charge < -0.3 is 5.32 Å². The van der Waals surface area contributed by atoms with E-state index in [1.165, 1.54) is 9.87 Å². The van der Waals surface area contributed by atoms with Crippen LogP contribution < -0.4 is 5.32 Å². The van der Waals surface area contributed by atoms with E-state index in [4.69, 9.17) is 0 Å². The van der Waals surface area contributed by atoms with Gasteiger partial charge in [0, 0.05) is 18.8 Å². The summed E-state index contributed by atoms with van der Waals surface area (Å²) in [6.07, 6.45) is 4.72. The molecule has 3 rings (SSSR count). The summed E-state index contributed by atoms with van der Waals surface area (Å²) in [7, 11) is -3.62. The summed E-state index contributed by atoms with van der Waals surface area (Å²) in [5.41, 5.74) is 3.66. The highest BCUT2D eigenvalue weighted by Gasteiger charge is 2.34. The predicted octanol–water partition coefficient (Wildman–Crippen LogP) is 4.69. The standard InChI is InChI=1S/C24H32N2O3S/c1-4-5-7-20-11-13-22(14-12-20)25-24(27)21-8-6-15-26(17-21)30(28,29)23-16-18(2)9-10-19(23)3/h9-14,16,21H,4-8,15,17H2,1-3H3,(H,25,27). The van der Waals surface area contributed by atoms with E-state index >= 15 is 0 Å². The number of carbonyl (C=O) groups excluding carboxylic acids is 1. The predicted molar refractivity (Wildman–Crippen MR) is 121 cm³/mol. The fourth-order valence-corrected chi connectivity index (χ4v) is 5.71. The number of hydrogen-bond donors (Lipinski definition) is 1. The molecule has 6 heteroatoms. The van der Waals surface area contributed by atoms with E-state index in [1.807, 2.05) is 50.2 Å². The van der Waals surface area contributed by atoms with Crippen molar-refractivity contribution in [1.82, 2.24) is 4.31 Å². The van der Waals surface area contributed by atoms with E-state index in [9.17, 15) is 13.2 Å². The van der Waals surface area contributed by atoms with Crippen LogP contribution >= 0.6 is 0 Å². The molecule has 0 spiro atoms. The molecule has 1 atom stereocenters. The van der Waals surface area contributed by atoms with E-state index in [0.717, 1.165) is 36.1 Å². The Bertz CT molecular complexity index is 984. The Balaban J connectivity index is 1.68. The van der Waals surface area contributed by atoms with Gasteiger partial charge in [-0.25, -0.2) is 8.42 Å². The number of anilines is 1. The molecular formula is C24H32N2O3S. The fourth-order valence-electron chi connectivity index (χ4n) is 3.88. The van der Waals surface area contributed by atoms with Crippen LogP contribution in [-0.4, -0.2) is 31.7 Å². The average Bonchev–Trinajstić information content (AvgIpc) is 2.75. The Labute approximate surface area is 180 Å². The van der Waals surface area contributed by atoms with Crippen LogP contribution in [0, 0.1) is 19.8 Å². The van der Waals surface area contributed by atoms with Crippen LogP contribution in [0.15, 0.2) is 47.4 Å². The molecule has 0 radical (unpaired) electrons. The van der Waals surface area contributed by atoms with Gasteiger partial charge in [-0.1, -0.05) is 37.6 Å². The molecule has 1 fully saturated rings. The second-order valence-corrected chi connectivity index (χ2v) is 10.2. The van der Waals surface area contributed by atoms with Gasteiger partial charge in [0.1, 0.15) is 0 Å². The summed E-state index contributed by atoms with van der Waals surface area (Å²) < 4.78 is 27.9. The Morgan fingerprint density at radius 3 is 2.57 bits per heavy atom. The van der Waals surface area contributed by atoms with Crippen molar-refractivity contribution in [1.29, 1.82) is 0 Å². The first kappa shape index (κ1) is 22.5. The molecule has 2 aromatic rings. The summed E-state index contributed by atoms with van der Waals surface area (Å²) in [6, 6.07) is 13.4. The van der Waals surface area contributed by atoms with Gasteiger partial charge in [0.05, 0.1) is 10.8 Å². The molecular weight excluding hydrogens is 396 g/mol. The summed E-state index contributed by atoms with van der Waals surface area (Å²) in [4.78, 5) is 13.2. The summed E-state index contributed by atoms with van der Waals surface area (Å²) >= 11 is 0. The van der Waals surface area contributed by atoms with Gasteiger partial charge >= 0.3 is 0 Å². The van der Waals surface area contributed by atoms with Crippen molar-refractivity contribution in [2.45, 2.75) is 57.8 Å². The number of carbonyl (C=O) groups is 1. The number of unbranched alkanes of at least 4 members (excludes halogenated alkanes) is 1. The monoisotopic (exact) mass is 428 g/mol. The van der Waals surface area contributed by atoms with Crippen molar-refractivity contribution < 1.29 is 13.2 Å². The third-order valence-corrected chi connectivity index (χ3v) is 7.76. The van der Waals surface area contributed by atoms with Crippen molar-refractivity contribution >= 4 is 21.6 Å². The maximum Gasteiger partial charge on any atom is 0.243 e. The molecule has 2 aromatic carbocycles. The number of hydrogen-bond acceptors (Lipinski definition) is 3. The van der Waals surface area contributed by atoms with E-state index in [0.29, 0.717) is 24.3 Å². The van der Waals surface area contributed by atoms with Gasteiger partial charge in [0.2, 0.25) is 15.9 Å². The maximum atomic E-state index is 13.2. The first-order valence-electron chi connectivity index (χ1n) is 10.8. The lowest BCUT2D eigenvalue weighted by Gasteiger charge is -2.31. The van der Waals surface area contributed by atoms with E-state index in [1.54, 1.807) is 6.07 Å². The third-order valence-electron chi connectivity index (χ3n) is 5.76. The van der Waals surface area contributed by atoms with Crippen molar-refractivity contribution in [3.05, 3.63) is 59.2 Å². The SMILES string of the molecule is CCCCc1ccc(NC(=O)C2CCCN(S(=O)(=O)c3cc(C)ccc3C)C2)cc1. The topological polar surface area (TPSA) is 66.5 Å². The van der Waals surface area contributed by atoms with Gasteiger partial charge in [-0.05, 0) is 74.4 Å². The average molecular weight is 429 g/mol. The second kappa shape index (κ2) is 9.75. The molecule has 162 valence electrons. The summed E-state index contributed by atoms with van der Waals surface area (Å²) in [5.74, 6) is -0.462. The van der Waals surface area contributed by atoms with Crippen molar-refractivity contribution in [2.24, 2.45) is 5.92 Å². The largest absolute Gasteiger partial charge is 0.326 e. The number of sulfonamides is 1. The Morgan fingerprint density at radius 2 is 1.87 bits per heavy atom. The molecule has 1 N–H and O–H groups in total. The highest BCUT2D eigenvalue weighted by atomic mass is 32.2. The zero-order valence-corrected chi connectivity index (χ0v) is 19.0. The number of piperidine rings is 1. The Hall–Kier alpha value is -2.18. The lowest BCUT2D eigenvalue weighted by molar-refractivity contribution is -0.120. The molecule has 0 aromatic heterocycles. The van der Waals surface area contributed by atoms with Crippen LogP contribution in [0.5, 0.6) is 0 Å². The van der Waals surface area contributed by atoms with Crippen LogP contribution in [-0.2, 0) is 21.2 Å². The molecule has 5 nitrogen and oxygen atoms in total. The summed E-state index contributed by atoms with van der Waals surface area (Å²) in [5, 5.41) is 2.97. The van der Waals surface area contributed by atoms with E-state index in [-0.39, 0.29) is 18.4 Å². The highest BCUT2D eigenvalue weighted by Crippen LogP contribution is 2.27. The van der Waals surface area contributed by atoms with Crippen LogP contribution in [0.3, 0.4) is 0 Å². The van der Waals surface area contributed by atoms with Crippen LogP contribution in [0.2, 0.25) is 0 Å². The molecule has 0 saturated carbocycles. The normalized spacial score (nSPS) is 17.6. The zero-order valence-electron chi connectivity index (χ0n) is 18.1. The van der Waals surface area contributed by atoms with Gasteiger partial charge in [-0.3, -0.25) is 4.79 Å². The highest BCUT2D eigenvalue weighted by molar-refractivity contribution is 7.89. The molecule has 1 aliphatic rings. The van der Waals surface area contributed by atoms with Crippen LogP contribution in [0.4, 0.5) is 5.69 Å². The third kappa shape index (κ3) is 5.29. The maximum absolute atomic E-state index is 13.2. The van der Waals surface area contributed by atoms with E-state index < -0.39 is 10.0 Å². The lowest BCUT2D eigenvalue weighted by Crippen LogP contribution is -2.43. The molecule has 30 heavy (non-hydrogen) atoms. The summed E-state index contributed by atoms with van der Waals surface area (Å²) in [6.45, 7) is 6.54.